The number of nitrogens with one attached hydrogen (secondary N) is 2. The van der Waals surface area contributed by atoms with E-state index in [0.717, 1.165) is 12.8 Å². The van der Waals surface area contributed by atoms with Gasteiger partial charge in [-0.2, -0.15) is 5.26 Å². The number of nitriles is 1. The Morgan fingerprint density at radius 1 is 1.20 bits per heavy atom. The van der Waals surface area contributed by atoms with Gasteiger partial charge in [-0.1, -0.05) is 12.1 Å². The number of piperidine rings is 1. The van der Waals surface area contributed by atoms with Crippen molar-refractivity contribution in [3.63, 3.8) is 0 Å². The predicted octanol–water partition coefficient (Wildman–Crippen LogP) is 1.72. The minimum Gasteiger partial charge on any atom is -0.492 e. The van der Waals surface area contributed by atoms with Crippen molar-refractivity contribution in [2.75, 3.05) is 36.5 Å². The quantitative estimate of drug-likeness (QED) is 0.698. The molecule has 1 aromatic heterocycles. The number of hydrogen-bond acceptors (Lipinski definition) is 7. The molecule has 0 unspecified atom stereocenters. The Balaban J connectivity index is 1.47. The van der Waals surface area contributed by atoms with E-state index in [1.54, 1.807) is 30.5 Å². The topological polar surface area (TPSA) is 120 Å². The molecule has 1 aromatic carbocycles. The Morgan fingerprint density at radius 2 is 1.93 bits per heavy atom. The summed E-state index contributed by atoms with van der Waals surface area (Å²) >= 11 is 0. The number of ether oxygens (including phenoxy) is 1. The lowest BCUT2D eigenvalue weighted by atomic mass is 9.96. The Morgan fingerprint density at radius 3 is 2.67 bits per heavy atom. The van der Waals surface area contributed by atoms with Crippen LogP contribution in [-0.2, 0) is 9.59 Å². The summed E-state index contributed by atoms with van der Waals surface area (Å²) in [6, 6.07) is 9.05. The Hall–Kier alpha value is -3.67. The number of anilines is 2. The van der Waals surface area contributed by atoms with Crippen LogP contribution in [0, 0.1) is 17.2 Å². The van der Waals surface area contributed by atoms with Gasteiger partial charge in [0.1, 0.15) is 11.8 Å². The third-order valence-corrected chi connectivity index (χ3v) is 4.89. The second-order valence-electron chi connectivity index (χ2n) is 6.86. The van der Waals surface area contributed by atoms with Crippen molar-refractivity contribution in [3.8, 4) is 11.8 Å². The number of amides is 2. The zero-order valence-electron chi connectivity index (χ0n) is 16.8. The molecule has 0 spiro atoms. The fourth-order valence-electron chi connectivity index (χ4n) is 3.34. The third kappa shape index (κ3) is 5.23. The van der Waals surface area contributed by atoms with Crippen LogP contribution in [0.25, 0.3) is 0 Å². The maximum Gasteiger partial charge on any atom is 0.313 e. The number of hydrogen-bond donors (Lipinski definition) is 2. The summed E-state index contributed by atoms with van der Waals surface area (Å²) in [5.74, 6) is -0.0396. The van der Waals surface area contributed by atoms with Crippen molar-refractivity contribution < 1.29 is 14.3 Å². The number of carbonyl (C=O) groups is 2. The average molecular weight is 408 g/mol. The number of aromatic nitrogens is 2. The second kappa shape index (κ2) is 10.2. The van der Waals surface area contributed by atoms with Gasteiger partial charge in [-0.3, -0.25) is 9.59 Å². The lowest BCUT2D eigenvalue weighted by Crippen LogP contribution is -2.42. The van der Waals surface area contributed by atoms with Crippen molar-refractivity contribution in [3.05, 3.63) is 42.4 Å². The van der Waals surface area contributed by atoms with Crippen molar-refractivity contribution >= 4 is 23.3 Å². The van der Waals surface area contributed by atoms with Gasteiger partial charge in [0, 0.05) is 32.0 Å². The van der Waals surface area contributed by atoms with Crippen LogP contribution in [0.1, 0.15) is 25.5 Å². The normalized spacial score (nSPS) is 13.9. The van der Waals surface area contributed by atoms with E-state index in [9.17, 15) is 14.9 Å². The highest BCUT2D eigenvalue weighted by Crippen LogP contribution is 2.24. The molecule has 9 nitrogen and oxygen atoms in total. The summed E-state index contributed by atoms with van der Waals surface area (Å²) in [4.78, 5) is 34.8. The molecule has 2 N–H and O–H groups in total. The highest BCUT2D eigenvalue weighted by Gasteiger charge is 2.24. The Kier molecular flexibility index (Phi) is 7.16. The molecule has 0 saturated carbocycles. The maximum atomic E-state index is 12.2. The van der Waals surface area contributed by atoms with Gasteiger partial charge in [0.05, 0.1) is 12.3 Å². The monoisotopic (exact) mass is 408 g/mol. The van der Waals surface area contributed by atoms with Gasteiger partial charge < -0.3 is 20.3 Å². The minimum absolute atomic E-state index is 0.246. The van der Waals surface area contributed by atoms with E-state index in [-0.39, 0.29) is 5.92 Å². The first-order valence-electron chi connectivity index (χ1n) is 9.89. The highest BCUT2D eigenvalue weighted by molar-refractivity contribution is 6.39. The van der Waals surface area contributed by atoms with Gasteiger partial charge in [0.25, 0.3) is 0 Å². The zero-order valence-corrected chi connectivity index (χ0v) is 16.8. The molecule has 1 saturated heterocycles. The van der Waals surface area contributed by atoms with E-state index in [1.807, 2.05) is 11.8 Å². The van der Waals surface area contributed by atoms with Crippen molar-refractivity contribution in [2.45, 2.75) is 19.8 Å². The second-order valence-corrected chi connectivity index (χ2v) is 6.86. The lowest BCUT2D eigenvalue weighted by molar-refractivity contribution is -0.136. The lowest BCUT2D eigenvalue weighted by Gasteiger charge is -2.32. The molecule has 0 atom stereocenters. The summed E-state index contributed by atoms with van der Waals surface area (Å²) in [6.07, 6.45) is 4.71. The molecule has 30 heavy (non-hydrogen) atoms. The maximum absolute atomic E-state index is 12.2. The molecule has 0 bridgehead atoms. The summed E-state index contributed by atoms with van der Waals surface area (Å²) in [5, 5.41) is 14.5. The molecule has 2 amide bonds. The SMILES string of the molecule is CCOc1ccccc1NC(=O)C(=O)NCC1CCN(c2nccnc2C#N)CC1. The van der Waals surface area contributed by atoms with Crippen LogP contribution in [0.15, 0.2) is 36.7 Å². The van der Waals surface area contributed by atoms with E-state index < -0.39 is 11.8 Å². The molecule has 3 rings (SSSR count). The Bertz CT molecular complexity index is 934. The molecule has 9 heteroatoms. The molecule has 1 fully saturated rings. The molecule has 0 radical (unpaired) electrons. The highest BCUT2D eigenvalue weighted by atomic mass is 16.5. The molecular weight excluding hydrogens is 384 g/mol. The number of nitrogens with zero attached hydrogens (tertiary/aromatic N) is 4. The fourth-order valence-corrected chi connectivity index (χ4v) is 3.34. The molecule has 2 aromatic rings. The van der Waals surface area contributed by atoms with Crippen LogP contribution < -0.4 is 20.3 Å². The van der Waals surface area contributed by atoms with Crippen molar-refractivity contribution in [1.82, 2.24) is 15.3 Å². The first-order chi connectivity index (χ1) is 14.6. The third-order valence-electron chi connectivity index (χ3n) is 4.89. The zero-order chi connectivity index (χ0) is 21.3. The van der Waals surface area contributed by atoms with Crippen LogP contribution in [0.3, 0.4) is 0 Å². The number of carbonyl (C=O) groups excluding carboxylic acids is 2. The molecule has 1 aliphatic heterocycles. The van der Waals surface area contributed by atoms with E-state index in [1.165, 1.54) is 6.20 Å². The summed E-state index contributed by atoms with van der Waals surface area (Å²) in [7, 11) is 0. The fraction of sp³-hybridized carbons (Fsp3) is 0.381. The van der Waals surface area contributed by atoms with E-state index in [0.29, 0.717) is 49.2 Å². The van der Waals surface area contributed by atoms with Crippen LogP contribution in [0.5, 0.6) is 5.75 Å². The van der Waals surface area contributed by atoms with Gasteiger partial charge in [-0.05, 0) is 37.8 Å². The van der Waals surface area contributed by atoms with Crippen molar-refractivity contribution in [1.29, 1.82) is 5.26 Å². The number of benzene rings is 1. The van der Waals surface area contributed by atoms with E-state index in [2.05, 4.69) is 26.7 Å². The van der Waals surface area contributed by atoms with Crippen LogP contribution >= 0.6 is 0 Å². The molecular formula is C21H24N6O3. The molecule has 2 heterocycles. The van der Waals surface area contributed by atoms with E-state index in [4.69, 9.17) is 4.74 Å². The molecule has 0 aliphatic carbocycles. The Labute approximate surface area is 175 Å². The van der Waals surface area contributed by atoms with Gasteiger partial charge in [-0.25, -0.2) is 9.97 Å². The first-order valence-corrected chi connectivity index (χ1v) is 9.89. The summed E-state index contributed by atoms with van der Waals surface area (Å²) < 4.78 is 5.46. The smallest absolute Gasteiger partial charge is 0.313 e. The number of rotatable bonds is 6. The predicted molar refractivity (Wildman–Crippen MR) is 111 cm³/mol. The molecule has 156 valence electrons. The minimum atomic E-state index is -0.724. The van der Waals surface area contributed by atoms with Crippen LogP contribution in [0.2, 0.25) is 0 Å². The largest absolute Gasteiger partial charge is 0.492 e. The standard InChI is InChI=1S/C21H24N6O3/c1-2-30-18-6-4-3-5-16(18)26-21(29)20(28)25-14-15-7-11-27(12-8-15)19-17(13-22)23-9-10-24-19/h3-6,9-10,15H,2,7-8,11-12,14H2,1H3,(H,25,28)(H,26,29). The molecule has 1 aliphatic rings. The van der Waals surface area contributed by atoms with Gasteiger partial charge >= 0.3 is 11.8 Å². The first kappa shape index (κ1) is 21.0. The van der Waals surface area contributed by atoms with Gasteiger partial charge in [0.2, 0.25) is 0 Å². The van der Waals surface area contributed by atoms with E-state index >= 15 is 0 Å². The summed E-state index contributed by atoms with van der Waals surface area (Å²) in [5.41, 5.74) is 0.776. The van der Waals surface area contributed by atoms with Crippen LogP contribution in [-0.4, -0.2) is 48.0 Å². The summed E-state index contributed by atoms with van der Waals surface area (Å²) in [6.45, 7) is 4.15. The van der Waals surface area contributed by atoms with Gasteiger partial charge in [0.15, 0.2) is 11.5 Å². The van der Waals surface area contributed by atoms with Crippen molar-refractivity contribution in [2.24, 2.45) is 5.92 Å². The average Bonchev–Trinajstić information content (AvgIpc) is 2.79. The number of para-hydroxylation sites is 2. The van der Waals surface area contributed by atoms with Gasteiger partial charge in [-0.15, -0.1) is 0 Å². The van der Waals surface area contributed by atoms with Crippen LogP contribution in [0.4, 0.5) is 11.5 Å².